The summed E-state index contributed by atoms with van der Waals surface area (Å²) in [4.78, 5) is 19.6. The number of amides is 1. The number of carbonyl (C=O) groups excluding carboxylic acids is 1. The third-order valence-electron chi connectivity index (χ3n) is 5.10. The van der Waals surface area contributed by atoms with Gasteiger partial charge in [0.1, 0.15) is 0 Å². The van der Waals surface area contributed by atoms with Gasteiger partial charge in [-0.15, -0.1) is 0 Å². The first-order valence-electron chi connectivity index (χ1n) is 9.76. The third-order valence-corrected chi connectivity index (χ3v) is 5.10. The summed E-state index contributed by atoms with van der Waals surface area (Å²) in [5, 5.41) is 4.14. The highest BCUT2D eigenvalue weighted by Crippen LogP contribution is 2.29. The number of benzene rings is 2. The van der Waals surface area contributed by atoms with Crippen LogP contribution in [-0.4, -0.2) is 55.2 Å². The number of pyridine rings is 1. The van der Waals surface area contributed by atoms with Crippen molar-refractivity contribution >= 4 is 16.8 Å². The molecule has 0 saturated carbocycles. The maximum absolute atomic E-state index is 12.6. The number of hydrogen-bond donors (Lipinski definition) is 1. The molecule has 28 heavy (non-hydrogen) atoms. The number of carbonyl (C=O) groups is 1. The van der Waals surface area contributed by atoms with E-state index in [1.807, 2.05) is 49.4 Å². The van der Waals surface area contributed by atoms with Gasteiger partial charge in [0.25, 0.3) is 5.91 Å². The molecule has 0 spiro atoms. The van der Waals surface area contributed by atoms with Gasteiger partial charge in [0.05, 0.1) is 18.7 Å². The minimum atomic E-state index is -0.0369. The van der Waals surface area contributed by atoms with Crippen LogP contribution in [0, 0.1) is 6.92 Å². The first-order chi connectivity index (χ1) is 13.7. The van der Waals surface area contributed by atoms with Gasteiger partial charge in [-0.25, -0.2) is 0 Å². The largest absolute Gasteiger partial charge is 0.379 e. The fourth-order valence-corrected chi connectivity index (χ4v) is 3.63. The third kappa shape index (κ3) is 4.21. The van der Waals surface area contributed by atoms with Crippen LogP contribution in [0.3, 0.4) is 0 Å². The van der Waals surface area contributed by atoms with E-state index >= 15 is 0 Å². The number of fused-ring (bicyclic) bond motifs is 1. The summed E-state index contributed by atoms with van der Waals surface area (Å²) in [5.74, 6) is -0.0369. The van der Waals surface area contributed by atoms with Gasteiger partial charge in [0, 0.05) is 42.8 Å². The molecule has 144 valence electrons. The monoisotopic (exact) mass is 375 g/mol. The van der Waals surface area contributed by atoms with Crippen molar-refractivity contribution in [2.45, 2.75) is 6.92 Å². The summed E-state index contributed by atoms with van der Waals surface area (Å²) in [6.07, 6.45) is 0. The van der Waals surface area contributed by atoms with E-state index < -0.39 is 0 Å². The molecule has 1 fully saturated rings. The number of para-hydroxylation sites is 1. The molecule has 5 nitrogen and oxygen atoms in total. The summed E-state index contributed by atoms with van der Waals surface area (Å²) in [7, 11) is 0. The molecule has 1 amide bonds. The fourth-order valence-electron chi connectivity index (χ4n) is 3.63. The Kier molecular flexibility index (Phi) is 5.65. The molecule has 2 heterocycles. The van der Waals surface area contributed by atoms with Crippen molar-refractivity contribution < 1.29 is 9.53 Å². The van der Waals surface area contributed by atoms with E-state index in [0.717, 1.165) is 60.6 Å². The molecule has 1 saturated heterocycles. The van der Waals surface area contributed by atoms with Crippen molar-refractivity contribution in [1.29, 1.82) is 0 Å². The molecule has 5 heteroatoms. The van der Waals surface area contributed by atoms with Gasteiger partial charge in [0.2, 0.25) is 0 Å². The standard InChI is InChI=1S/C23H25N3O2/c1-17-15-21(20-7-2-3-8-22(20)25-17)18-5-4-6-19(16-18)23(27)24-9-10-26-11-13-28-14-12-26/h2-8,15-16H,9-14H2,1H3,(H,24,27). The van der Waals surface area contributed by atoms with Gasteiger partial charge in [-0.1, -0.05) is 30.3 Å². The molecule has 0 atom stereocenters. The Labute approximate surface area is 165 Å². The van der Waals surface area contributed by atoms with E-state index in [1.165, 1.54) is 0 Å². The minimum Gasteiger partial charge on any atom is -0.379 e. The van der Waals surface area contributed by atoms with Gasteiger partial charge >= 0.3 is 0 Å². The molecule has 2 aromatic carbocycles. The SMILES string of the molecule is Cc1cc(-c2cccc(C(=O)NCCN3CCOCC3)c2)c2ccccc2n1. The Bertz CT molecular complexity index is 980. The first kappa shape index (κ1) is 18.6. The van der Waals surface area contributed by atoms with Crippen molar-refractivity contribution in [3.8, 4) is 11.1 Å². The van der Waals surface area contributed by atoms with E-state index in [4.69, 9.17) is 4.74 Å². The summed E-state index contributed by atoms with van der Waals surface area (Å²) in [5.41, 5.74) is 4.75. The number of aryl methyl sites for hydroxylation is 1. The minimum absolute atomic E-state index is 0.0369. The molecule has 1 aliphatic rings. The molecular formula is C23H25N3O2. The molecule has 3 aromatic rings. The molecule has 4 rings (SSSR count). The molecule has 0 aliphatic carbocycles. The quantitative estimate of drug-likeness (QED) is 0.744. The lowest BCUT2D eigenvalue weighted by Gasteiger charge is -2.26. The van der Waals surface area contributed by atoms with E-state index in [9.17, 15) is 4.79 Å². The zero-order valence-corrected chi connectivity index (χ0v) is 16.1. The zero-order chi connectivity index (χ0) is 19.3. The Balaban J connectivity index is 1.51. The Morgan fingerprint density at radius 2 is 1.93 bits per heavy atom. The number of morpholine rings is 1. The second-order valence-corrected chi connectivity index (χ2v) is 7.12. The highest BCUT2D eigenvalue weighted by Gasteiger charge is 2.12. The Hall–Kier alpha value is -2.76. The van der Waals surface area contributed by atoms with Crippen LogP contribution >= 0.6 is 0 Å². The van der Waals surface area contributed by atoms with E-state index in [0.29, 0.717) is 12.1 Å². The van der Waals surface area contributed by atoms with E-state index in [2.05, 4.69) is 27.3 Å². The highest BCUT2D eigenvalue weighted by molar-refractivity contribution is 5.98. The lowest BCUT2D eigenvalue weighted by Crippen LogP contribution is -2.41. The summed E-state index contributed by atoms with van der Waals surface area (Å²) in [6, 6.07) is 18.0. The van der Waals surface area contributed by atoms with Crippen LogP contribution in [0.2, 0.25) is 0 Å². The molecule has 0 radical (unpaired) electrons. The Morgan fingerprint density at radius 1 is 1.11 bits per heavy atom. The van der Waals surface area contributed by atoms with Crippen LogP contribution in [-0.2, 0) is 4.74 Å². The summed E-state index contributed by atoms with van der Waals surface area (Å²) >= 11 is 0. The number of aromatic nitrogens is 1. The van der Waals surface area contributed by atoms with Crippen LogP contribution in [0.4, 0.5) is 0 Å². The maximum Gasteiger partial charge on any atom is 0.251 e. The number of ether oxygens (including phenoxy) is 1. The number of nitrogens with one attached hydrogen (secondary N) is 1. The zero-order valence-electron chi connectivity index (χ0n) is 16.1. The molecule has 1 N–H and O–H groups in total. The van der Waals surface area contributed by atoms with Crippen molar-refractivity contribution in [1.82, 2.24) is 15.2 Å². The van der Waals surface area contributed by atoms with Crippen LogP contribution in [0.1, 0.15) is 16.1 Å². The van der Waals surface area contributed by atoms with Gasteiger partial charge in [-0.05, 0) is 42.3 Å². The van der Waals surface area contributed by atoms with Gasteiger partial charge in [-0.3, -0.25) is 14.7 Å². The smallest absolute Gasteiger partial charge is 0.251 e. The topological polar surface area (TPSA) is 54.5 Å². The van der Waals surface area contributed by atoms with Gasteiger partial charge < -0.3 is 10.1 Å². The van der Waals surface area contributed by atoms with Gasteiger partial charge in [0.15, 0.2) is 0 Å². The van der Waals surface area contributed by atoms with Crippen molar-refractivity contribution in [3.05, 3.63) is 65.9 Å². The summed E-state index contributed by atoms with van der Waals surface area (Å²) in [6.45, 7) is 6.89. The first-order valence-corrected chi connectivity index (χ1v) is 9.76. The average Bonchev–Trinajstić information content (AvgIpc) is 2.74. The number of hydrogen-bond acceptors (Lipinski definition) is 4. The maximum atomic E-state index is 12.6. The molecule has 0 unspecified atom stereocenters. The molecule has 0 bridgehead atoms. The van der Waals surface area contributed by atoms with Crippen molar-refractivity contribution in [2.24, 2.45) is 0 Å². The molecule has 1 aliphatic heterocycles. The Morgan fingerprint density at radius 3 is 2.79 bits per heavy atom. The normalized spacial score (nSPS) is 14.9. The van der Waals surface area contributed by atoms with E-state index in [-0.39, 0.29) is 5.91 Å². The second-order valence-electron chi connectivity index (χ2n) is 7.12. The second kappa shape index (κ2) is 8.50. The van der Waals surface area contributed by atoms with Crippen LogP contribution < -0.4 is 5.32 Å². The predicted molar refractivity (Wildman–Crippen MR) is 112 cm³/mol. The molecular weight excluding hydrogens is 350 g/mol. The average molecular weight is 375 g/mol. The van der Waals surface area contributed by atoms with Crippen molar-refractivity contribution in [3.63, 3.8) is 0 Å². The number of rotatable bonds is 5. The number of nitrogens with zero attached hydrogens (tertiary/aromatic N) is 2. The van der Waals surface area contributed by atoms with Crippen molar-refractivity contribution in [2.75, 3.05) is 39.4 Å². The van der Waals surface area contributed by atoms with E-state index in [1.54, 1.807) is 0 Å². The van der Waals surface area contributed by atoms with Crippen LogP contribution in [0.5, 0.6) is 0 Å². The highest BCUT2D eigenvalue weighted by atomic mass is 16.5. The summed E-state index contributed by atoms with van der Waals surface area (Å²) < 4.78 is 5.36. The fraction of sp³-hybridized carbons (Fsp3) is 0.304. The van der Waals surface area contributed by atoms with Crippen LogP contribution in [0.15, 0.2) is 54.6 Å². The lowest BCUT2D eigenvalue weighted by molar-refractivity contribution is 0.0383. The predicted octanol–water partition coefficient (Wildman–Crippen LogP) is 3.27. The molecule has 1 aromatic heterocycles. The lowest BCUT2D eigenvalue weighted by atomic mass is 9.98. The van der Waals surface area contributed by atoms with Crippen LogP contribution in [0.25, 0.3) is 22.0 Å². The van der Waals surface area contributed by atoms with Gasteiger partial charge in [-0.2, -0.15) is 0 Å².